The van der Waals surface area contributed by atoms with Crippen molar-refractivity contribution < 1.29 is 13.9 Å². The fraction of sp³-hybridized carbons (Fsp3) is 0.259. The molecule has 8 nitrogen and oxygen atoms in total. The second kappa shape index (κ2) is 11.1. The summed E-state index contributed by atoms with van der Waals surface area (Å²) in [7, 11) is 0. The number of benzene rings is 2. The summed E-state index contributed by atoms with van der Waals surface area (Å²) in [6.45, 7) is 10.4. The number of halogens is 1. The van der Waals surface area contributed by atoms with E-state index in [-0.39, 0.29) is 22.8 Å². The lowest BCUT2D eigenvalue weighted by Crippen LogP contribution is -2.22. The van der Waals surface area contributed by atoms with Gasteiger partial charge in [-0.2, -0.15) is 0 Å². The average Bonchev–Trinajstić information content (AvgIpc) is 3.31. The van der Waals surface area contributed by atoms with Crippen LogP contribution >= 0.6 is 12.1 Å². The minimum Gasteiger partial charge on any atom is -0.455 e. The quantitative estimate of drug-likeness (QED) is 0.171. The number of ether oxygens (including phenoxy) is 1. The minimum atomic E-state index is -0.328. The van der Waals surface area contributed by atoms with Gasteiger partial charge < -0.3 is 24.3 Å². The maximum Gasteiger partial charge on any atom is 0.267 e. The standard InChI is InChI=1S/C27H30FN5O3S/c1-6-29-27(35)20-13-22-24(31-20)25(34)17(5)14-33(22)21-12-19(32-37-30-7-2)8-9-23(21)36-26-15(3)10-18(28)11-16(26)4/h8-14,30-32H,6-7H2,1-5H3,(H,29,35). The number of aromatic amines is 1. The Morgan fingerprint density at radius 3 is 2.46 bits per heavy atom. The van der Waals surface area contributed by atoms with Crippen LogP contribution in [-0.4, -0.2) is 28.5 Å². The molecule has 4 aromatic rings. The normalized spacial score (nSPS) is 11.1. The number of anilines is 1. The molecule has 1 amide bonds. The van der Waals surface area contributed by atoms with Gasteiger partial charge in [0.2, 0.25) is 5.43 Å². The molecule has 0 unspecified atom stereocenters. The fourth-order valence-electron chi connectivity index (χ4n) is 4.09. The lowest BCUT2D eigenvalue weighted by Gasteiger charge is -2.19. The first-order valence-electron chi connectivity index (χ1n) is 12.0. The maximum absolute atomic E-state index is 13.9. The van der Waals surface area contributed by atoms with Crippen molar-refractivity contribution in [3.8, 4) is 17.2 Å². The number of nitrogens with zero attached hydrogens (tertiary/aromatic N) is 1. The molecule has 4 rings (SSSR count). The molecule has 0 saturated carbocycles. The molecular formula is C27H30FN5O3S. The average molecular weight is 524 g/mol. The van der Waals surface area contributed by atoms with Crippen LogP contribution in [0.4, 0.5) is 10.1 Å². The van der Waals surface area contributed by atoms with Crippen molar-refractivity contribution in [1.82, 2.24) is 19.6 Å². The van der Waals surface area contributed by atoms with Gasteiger partial charge in [-0.05, 0) is 75.2 Å². The Kier molecular flexibility index (Phi) is 7.89. The third-order valence-electron chi connectivity index (χ3n) is 5.79. The van der Waals surface area contributed by atoms with Gasteiger partial charge in [-0.25, -0.2) is 9.11 Å². The molecule has 0 spiro atoms. The predicted octanol–water partition coefficient (Wildman–Crippen LogP) is 5.51. The van der Waals surface area contributed by atoms with E-state index in [1.54, 1.807) is 33.0 Å². The van der Waals surface area contributed by atoms with Gasteiger partial charge in [-0.15, -0.1) is 0 Å². The summed E-state index contributed by atoms with van der Waals surface area (Å²) in [4.78, 5) is 28.5. The van der Waals surface area contributed by atoms with E-state index in [1.807, 2.05) is 36.6 Å². The zero-order chi connectivity index (χ0) is 26.7. The third kappa shape index (κ3) is 5.50. The predicted molar refractivity (Wildman–Crippen MR) is 147 cm³/mol. The van der Waals surface area contributed by atoms with Gasteiger partial charge in [-0.3, -0.25) is 9.59 Å². The van der Waals surface area contributed by atoms with Gasteiger partial charge in [0.05, 0.1) is 11.2 Å². The molecule has 0 fully saturated rings. The minimum absolute atomic E-state index is 0.188. The molecule has 4 N–H and O–H groups in total. The molecule has 2 heterocycles. The molecule has 0 aliphatic carbocycles. The summed E-state index contributed by atoms with van der Waals surface area (Å²) in [6, 6.07) is 10.1. The first kappa shape index (κ1) is 26.3. The Morgan fingerprint density at radius 2 is 1.78 bits per heavy atom. The van der Waals surface area contributed by atoms with Crippen LogP contribution in [0.1, 0.15) is 41.0 Å². The van der Waals surface area contributed by atoms with E-state index in [0.717, 1.165) is 12.2 Å². The second-order valence-electron chi connectivity index (χ2n) is 8.67. The fourth-order valence-corrected chi connectivity index (χ4v) is 4.56. The lowest BCUT2D eigenvalue weighted by molar-refractivity contribution is 0.0951. The molecular weight excluding hydrogens is 493 g/mol. The highest BCUT2D eigenvalue weighted by Crippen LogP contribution is 2.36. The van der Waals surface area contributed by atoms with Crippen LogP contribution in [0.15, 0.2) is 47.4 Å². The second-order valence-corrected chi connectivity index (χ2v) is 9.37. The van der Waals surface area contributed by atoms with Gasteiger partial charge in [0, 0.05) is 42.7 Å². The maximum atomic E-state index is 13.9. The SMILES string of the molecule is CCNSNc1ccc(Oc2c(C)cc(F)cc2C)c(-n2cc(C)c(=O)c3[nH]c(C(=O)NCC)cc32)c1. The van der Waals surface area contributed by atoms with Crippen LogP contribution in [0.5, 0.6) is 11.5 Å². The van der Waals surface area contributed by atoms with Crippen molar-refractivity contribution in [2.24, 2.45) is 0 Å². The number of H-pyrrole nitrogens is 1. The number of pyridine rings is 1. The molecule has 194 valence electrons. The first-order valence-corrected chi connectivity index (χ1v) is 12.8. The highest BCUT2D eigenvalue weighted by Gasteiger charge is 2.19. The van der Waals surface area contributed by atoms with Crippen LogP contribution in [0.25, 0.3) is 16.7 Å². The van der Waals surface area contributed by atoms with E-state index in [4.69, 9.17) is 4.74 Å². The number of hydrogen-bond donors (Lipinski definition) is 4. The van der Waals surface area contributed by atoms with E-state index >= 15 is 0 Å². The summed E-state index contributed by atoms with van der Waals surface area (Å²) >= 11 is 1.35. The number of carbonyl (C=O) groups excluding carboxylic acids is 1. The molecule has 2 aromatic heterocycles. The molecule has 37 heavy (non-hydrogen) atoms. The van der Waals surface area contributed by atoms with Crippen LogP contribution in [0.3, 0.4) is 0 Å². The van der Waals surface area contributed by atoms with Crippen molar-refractivity contribution in [2.45, 2.75) is 34.6 Å². The zero-order valence-corrected chi connectivity index (χ0v) is 22.2. The smallest absolute Gasteiger partial charge is 0.267 e. The van der Waals surface area contributed by atoms with Crippen molar-refractivity contribution in [3.05, 3.63) is 81.0 Å². The number of rotatable bonds is 9. The van der Waals surface area contributed by atoms with E-state index < -0.39 is 0 Å². The van der Waals surface area contributed by atoms with Gasteiger partial charge in [0.15, 0.2) is 5.75 Å². The molecule has 0 saturated heterocycles. The van der Waals surface area contributed by atoms with Crippen LogP contribution in [0.2, 0.25) is 0 Å². The highest BCUT2D eigenvalue weighted by molar-refractivity contribution is 7.98. The van der Waals surface area contributed by atoms with Crippen LogP contribution in [0, 0.1) is 26.6 Å². The highest BCUT2D eigenvalue weighted by atomic mass is 32.2. The number of aryl methyl sites for hydroxylation is 3. The summed E-state index contributed by atoms with van der Waals surface area (Å²) in [6.07, 6.45) is 1.73. The van der Waals surface area contributed by atoms with Gasteiger partial charge in [0.25, 0.3) is 5.91 Å². The van der Waals surface area contributed by atoms with Gasteiger partial charge >= 0.3 is 0 Å². The molecule has 0 radical (unpaired) electrons. The first-order chi connectivity index (χ1) is 17.7. The van der Waals surface area contributed by atoms with Crippen molar-refractivity contribution >= 4 is 34.8 Å². The lowest BCUT2D eigenvalue weighted by atomic mass is 10.1. The Hall–Kier alpha value is -3.76. The zero-order valence-electron chi connectivity index (χ0n) is 21.4. The van der Waals surface area contributed by atoms with Crippen LogP contribution in [-0.2, 0) is 0 Å². The van der Waals surface area contributed by atoms with E-state index in [1.165, 1.54) is 24.3 Å². The largest absolute Gasteiger partial charge is 0.455 e. The number of fused-ring (bicyclic) bond motifs is 1. The van der Waals surface area contributed by atoms with E-state index in [2.05, 4.69) is 19.7 Å². The van der Waals surface area contributed by atoms with Crippen LogP contribution < -0.4 is 24.9 Å². The number of hydrogen-bond acceptors (Lipinski definition) is 6. The summed E-state index contributed by atoms with van der Waals surface area (Å²) < 4.78 is 28.5. The van der Waals surface area contributed by atoms with E-state index in [0.29, 0.717) is 51.5 Å². The Labute approximate surface area is 218 Å². The molecule has 0 atom stereocenters. The van der Waals surface area contributed by atoms with Crippen molar-refractivity contribution in [2.75, 3.05) is 17.8 Å². The number of carbonyl (C=O) groups is 1. The topological polar surface area (TPSA) is 100 Å². The van der Waals surface area contributed by atoms with E-state index in [9.17, 15) is 14.0 Å². The van der Waals surface area contributed by atoms with Crippen molar-refractivity contribution in [1.29, 1.82) is 0 Å². The summed E-state index contributed by atoms with van der Waals surface area (Å²) in [5, 5.41) is 2.76. The molecule has 0 aliphatic rings. The molecule has 10 heteroatoms. The molecule has 0 bridgehead atoms. The van der Waals surface area contributed by atoms with Gasteiger partial charge in [0.1, 0.15) is 22.8 Å². The molecule has 2 aromatic carbocycles. The summed E-state index contributed by atoms with van der Waals surface area (Å²) in [5.74, 6) is 0.428. The molecule has 0 aliphatic heterocycles. The Balaban J connectivity index is 1.92. The summed E-state index contributed by atoms with van der Waals surface area (Å²) in [5.41, 5.74) is 4.21. The van der Waals surface area contributed by atoms with Crippen molar-refractivity contribution in [3.63, 3.8) is 0 Å². The number of amides is 1. The Bertz CT molecular complexity index is 1510. The third-order valence-corrected chi connectivity index (χ3v) is 6.56. The monoisotopic (exact) mass is 523 g/mol. The van der Waals surface area contributed by atoms with Gasteiger partial charge in [-0.1, -0.05) is 6.92 Å². The number of aromatic nitrogens is 2. The number of nitrogens with one attached hydrogen (secondary N) is 4. The Morgan fingerprint density at radius 1 is 1.05 bits per heavy atom.